The SMILES string of the molecule is Cc1ccc(S(=O)(=O)C2C(CO)C2c2cccc(Cl)c2)cc1. The maximum absolute atomic E-state index is 12.8. The molecule has 0 bridgehead atoms. The standard InChI is InChI=1S/C17H17ClO3S/c1-11-5-7-14(8-6-11)22(20,21)17-15(10-19)16(17)12-3-2-4-13(18)9-12/h2-9,15-17,19H,10H2,1H3. The second-order valence-electron chi connectivity index (χ2n) is 5.75. The molecule has 3 rings (SSSR count). The molecule has 1 saturated carbocycles. The number of sulfone groups is 1. The third kappa shape index (κ3) is 2.67. The van der Waals surface area contributed by atoms with Crippen molar-refractivity contribution in [1.82, 2.24) is 0 Å². The number of halogens is 1. The van der Waals surface area contributed by atoms with Gasteiger partial charge in [-0.2, -0.15) is 0 Å². The molecule has 22 heavy (non-hydrogen) atoms. The molecule has 5 heteroatoms. The molecule has 1 aliphatic rings. The molecule has 3 atom stereocenters. The molecular formula is C17H17ClO3S. The van der Waals surface area contributed by atoms with E-state index in [1.54, 1.807) is 42.5 Å². The highest BCUT2D eigenvalue weighted by Crippen LogP contribution is 2.53. The zero-order chi connectivity index (χ0) is 15.9. The first-order valence-electron chi connectivity index (χ1n) is 7.12. The summed E-state index contributed by atoms with van der Waals surface area (Å²) in [5, 5.41) is 9.53. The lowest BCUT2D eigenvalue weighted by Crippen LogP contribution is -2.11. The molecule has 1 aliphatic carbocycles. The van der Waals surface area contributed by atoms with Gasteiger partial charge < -0.3 is 5.11 Å². The van der Waals surface area contributed by atoms with E-state index in [-0.39, 0.29) is 18.4 Å². The highest BCUT2D eigenvalue weighted by atomic mass is 35.5. The van der Waals surface area contributed by atoms with Crippen LogP contribution in [-0.2, 0) is 9.84 Å². The number of aliphatic hydroxyl groups excluding tert-OH is 1. The lowest BCUT2D eigenvalue weighted by Gasteiger charge is -2.05. The first-order valence-corrected chi connectivity index (χ1v) is 9.04. The fourth-order valence-corrected chi connectivity index (χ4v) is 5.42. The topological polar surface area (TPSA) is 54.4 Å². The van der Waals surface area contributed by atoms with E-state index < -0.39 is 15.1 Å². The summed E-state index contributed by atoms with van der Waals surface area (Å²) in [4.78, 5) is 0.311. The molecule has 2 aromatic carbocycles. The van der Waals surface area contributed by atoms with Crippen LogP contribution in [0.4, 0.5) is 0 Å². The normalized spacial score (nSPS) is 24.2. The number of benzene rings is 2. The van der Waals surface area contributed by atoms with Gasteiger partial charge in [0.1, 0.15) is 0 Å². The van der Waals surface area contributed by atoms with Gasteiger partial charge in [-0.1, -0.05) is 41.4 Å². The van der Waals surface area contributed by atoms with Crippen LogP contribution in [0.5, 0.6) is 0 Å². The van der Waals surface area contributed by atoms with Crippen LogP contribution in [-0.4, -0.2) is 25.4 Å². The van der Waals surface area contributed by atoms with Crippen molar-refractivity contribution in [2.45, 2.75) is 23.0 Å². The van der Waals surface area contributed by atoms with E-state index in [0.29, 0.717) is 9.92 Å². The molecule has 0 aromatic heterocycles. The van der Waals surface area contributed by atoms with Gasteiger partial charge in [-0.05, 0) is 36.8 Å². The zero-order valence-corrected chi connectivity index (χ0v) is 13.7. The minimum absolute atomic E-state index is 0.146. The number of hydrogen-bond donors (Lipinski definition) is 1. The highest BCUT2D eigenvalue weighted by Gasteiger charge is 2.58. The molecule has 0 radical (unpaired) electrons. The molecule has 0 amide bonds. The van der Waals surface area contributed by atoms with Crippen molar-refractivity contribution in [2.24, 2.45) is 5.92 Å². The van der Waals surface area contributed by atoms with Gasteiger partial charge in [0.15, 0.2) is 9.84 Å². The Kier molecular flexibility index (Phi) is 4.02. The van der Waals surface area contributed by atoms with E-state index in [2.05, 4.69) is 0 Å². The Bertz CT molecular complexity index is 784. The molecular weight excluding hydrogens is 320 g/mol. The Morgan fingerprint density at radius 3 is 2.41 bits per heavy atom. The average Bonchev–Trinajstić information content (AvgIpc) is 3.23. The fourth-order valence-electron chi connectivity index (χ4n) is 3.02. The van der Waals surface area contributed by atoms with Crippen LogP contribution in [0.2, 0.25) is 5.02 Å². The number of aliphatic hydroxyl groups is 1. The second kappa shape index (κ2) is 5.69. The largest absolute Gasteiger partial charge is 0.396 e. The zero-order valence-electron chi connectivity index (χ0n) is 12.1. The van der Waals surface area contributed by atoms with Crippen LogP contribution in [0.3, 0.4) is 0 Å². The molecule has 0 heterocycles. The predicted octanol–water partition coefficient (Wildman–Crippen LogP) is 3.20. The van der Waals surface area contributed by atoms with Crippen molar-refractivity contribution in [2.75, 3.05) is 6.61 Å². The van der Waals surface area contributed by atoms with Crippen LogP contribution < -0.4 is 0 Å². The van der Waals surface area contributed by atoms with Crippen LogP contribution in [0.15, 0.2) is 53.4 Å². The monoisotopic (exact) mass is 336 g/mol. The van der Waals surface area contributed by atoms with Gasteiger partial charge in [-0.3, -0.25) is 0 Å². The van der Waals surface area contributed by atoms with Gasteiger partial charge in [0.05, 0.1) is 10.1 Å². The smallest absolute Gasteiger partial charge is 0.182 e. The lowest BCUT2D eigenvalue weighted by molar-refractivity contribution is 0.274. The summed E-state index contributed by atoms with van der Waals surface area (Å²) in [6.45, 7) is 1.77. The lowest BCUT2D eigenvalue weighted by atomic mass is 10.1. The maximum atomic E-state index is 12.8. The van der Waals surface area contributed by atoms with Crippen LogP contribution in [0.1, 0.15) is 17.0 Å². The minimum atomic E-state index is -3.46. The van der Waals surface area contributed by atoms with E-state index in [1.165, 1.54) is 0 Å². The summed E-state index contributed by atoms with van der Waals surface area (Å²) in [5.74, 6) is -0.472. The summed E-state index contributed by atoms with van der Waals surface area (Å²) in [6, 6.07) is 14.0. The van der Waals surface area contributed by atoms with E-state index in [4.69, 9.17) is 11.6 Å². The molecule has 116 valence electrons. The Balaban J connectivity index is 1.95. The quantitative estimate of drug-likeness (QED) is 0.932. The third-order valence-electron chi connectivity index (χ3n) is 4.25. The van der Waals surface area contributed by atoms with Crippen LogP contribution in [0, 0.1) is 12.8 Å². The summed E-state index contributed by atoms with van der Waals surface area (Å²) >= 11 is 5.99. The van der Waals surface area contributed by atoms with Crippen molar-refractivity contribution in [1.29, 1.82) is 0 Å². The predicted molar refractivity (Wildman–Crippen MR) is 86.9 cm³/mol. The highest BCUT2D eigenvalue weighted by molar-refractivity contribution is 7.92. The van der Waals surface area contributed by atoms with Crippen molar-refractivity contribution >= 4 is 21.4 Å². The molecule has 3 nitrogen and oxygen atoms in total. The number of rotatable bonds is 4. The minimum Gasteiger partial charge on any atom is -0.396 e. The van der Waals surface area contributed by atoms with Gasteiger partial charge in [-0.15, -0.1) is 0 Å². The van der Waals surface area contributed by atoms with E-state index in [9.17, 15) is 13.5 Å². The summed E-state index contributed by atoms with van der Waals surface area (Å²) in [7, 11) is -3.46. The van der Waals surface area contributed by atoms with Gasteiger partial charge in [0.25, 0.3) is 0 Å². The Labute approximate surface area is 135 Å². The van der Waals surface area contributed by atoms with Gasteiger partial charge in [0.2, 0.25) is 0 Å². The molecule has 2 aromatic rings. The Morgan fingerprint density at radius 1 is 1.14 bits per heavy atom. The third-order valence-corrected chi connectivity index (χ3v) is 6.77. The summed E-state index contributed by atoms with van der Waals surface area (Å²) in [5.41, 5.74) is 1.88. The first-order chi connectivity index (χ1) is 10.4. The molecule has 0 spiro atoms. The Hall–Kier alpha value is -1.36. The molecule has 1 N–H and O–H groups in total. The van der Waals surface area contributed by atoms with Crippen molar-refractivity contribution < 1.29 is 13.5 Å². The Morgan fingerprint density at radius 2 is 1.82 bits per heavy atom. The molecule has 0 aliphatic heterocycles. The van der Waals surface area contributed by atoms with Crippen LogP contribution >= 0.6 is 11.6 Å². The van der Waals surface area contributed by atoms with Gasteiger partial charge >= 0.3 is 0 Å². The van der Waals surface area contributed by atoms with E-state index in [1.807, 2.05) is 13.0 Å². The number of aryl methyl sites for hydroxylation is 1. The van der Waals surface area contributed by atoms with Crippen molar-refractivity contribution in [3.05, 3.63) is 64.7 Å². The number of hydrogen-bond acceptors (Lipinski definition) is 3. The molecule has 0 saturated heterocycles. The van der Waals surface area contributed by atoms with Crippen LogP contribution in [0.25, 0.3) is 0 Å². The van der Waals surface area contributed by atoms with Crippen molar-refractivity contribution in [3.8, 4) is 0 Å². The first kappa shape index (κ1) is 15.5. The molecule has 1 fully saturated rings. The van der Waals surface area contributed by atoms with E-state index >= 15 is 0 Å². The second-order valence-corrected chi connectivity index (χ2v) is 8.29. The summed E-state index contributed by atoms with van der Waals surface area (Å²) in [6.07, 6.45) is 0. The van der Waals surface area contributed by atoms with Crippen molar-refractivity contribution in [3.63, 3.8) is 0 Å². The van der Waals surface area contributed by atoms with E-state index in [0.717, 1.165) is 11.1 Å². The average molecular weight is 337 g/mol. The van der Waals surface area contributed by atoms with Gasteiger partial charge in [-0.25, -0.2) is 8.42 Å². The van der Waals surface area contributed by atoms with Gasteiger partial charge in [0, 0.05) is 23.5 Å². The maximum Gasteiger partial charge on any atom is 0.182 e. The molecule has 3 unspecified atom stereocenters. The summed E-state index contributed by atoms with van der Waals surface area (Å²) < 4.78 is 25.6. The fraction of sp³-hybridized carbons (Fsp3) is 0.294.